The van der Waals surface area contributed by atoms with E-state index >= 15 is 0 Å². The van der Waals surface area contributed by atoms with Gasteiger partial charge in [-0.05, 0) is 28.4 Å². The third-order valence-electron chi connectivity index (χ3n) is 1.77. The number of rotatable bonds is 5. The van der Waals surface area contributed by atoms with Crippen LogP contribution in [0.2, 0.25) is 5.02 Å². The van der Waals surface area contributed by atoms with Crippen molar-refractivity contribution in [2.75, 3.05) is 6.61 Å². The maximum atomic E-state index is 13.1. The molecule has 0 aliphatic rings. The highest BCUT2D eigenvalue weighted by atomic mass is 79.9. The minimum absolute atomic E-state index is 0.00441. The Hall–Kier alpha value is -0.810. The van der Waals surface area contributed by atoms with Crippen molar-refractivity contribution in [2.45, 2.75) is 12.8 Å². The first-order valence-corrected chi connectivity index (χ1v) is 5.67. The molecule has 16 heavy (non-hydrogen) atoms. The Morgan fingerprint density at radius 3 is 2.88 bits per heavy atom. The lowest BCUT2D eigenvalue weighted by atomic mass is 10.3. The molecule has 0 radical (unpaired) electrons. The molecule has 0 fully saturated rings. The molecule has 0 heterocycles. The van der Waals surface area contributed by atoms with Crippen LogP contribution in [0, 0.1) is 5.82 Å². The topological polar surface area (TPSA) is 46.5 Å². The molecule has 0 amide bonds. The van der Waals surface area contributed by atoms with E-state index in [9.17, 15) is 9.18 Å². The summed E-state index contributed by atoms with van der Waals surface area (Å²) in [6.45, 7) is 0.214. The van der Waals surface area contributed by atoms with E-state index in [0.717, 1.165) is 6.07 Å². The van der Waals surface area contributed by atoms with Crippen LogP contribution in [0.25, 0.3) is 0 Å². The van der Waals surface area contributed by atoms with Gasteiger partial charge in [0.15, 0.2) is 0 Å². The minimum atomic E-state index is -0.884. The second-order valence-corrected chi connectivity index (χ2v) is 4.30. The average Bonchev–Trinajstić information content (AvgIpc) is 2.19. The van der Waals surface area contributed by atoms with E-state index in [2.05, 4.69) is 15.9 Å². The van der Waals surface area contributed by atoms with E-state index in [4.69, 9.17) is 21.4 Å². The minimum Gasteiger partial charge on any atom is -0.492 e. The van der Waals surface area contributed by atoms with Gasteiger partial charge in [-0.3, -0.25) is 4.79 Å². The molecule has 3 nitrogen and oxygen atoms in total. The first-order valence-electron chi connectivity index (χ1n) is 4.50. The third-order valence-corrected chi connectivity index (χ3v) is 2.68. The lowest BCUT2D eigenvalue weighted by molar-refractivity contribution is -0.137. The molecule has 88 valence electrons. The fraction of sp³-hybridized carbons (Fsp3) is 0.300. The summed E-state index contributed by atoms with van der Waals surface area (Å²) in [5.74, 6) is -1.14. The maximum Gasteiger partial charge on any atom is 0.303 e. The van der Waals surface area contributed by atoms with E-state index in [0.29, 0.717) is 16.6 Å². The van der Waals surface area contributed by atoms with Crippen molar-refractivity contribution in [1.29, 1.82) is 0 Å². The predicted octanol–water partition coefficient (Wildman–Crippen LogP) is 3.49. The number of aliphatic carboxylic acids is 1. The van der Waals surface area contributed by atoms with Gasteiger partial charge in [-0.2, -0.15) is 0 Å². The third kappa shape index (κ3) is 3.98. The van der Waals surface area contributed by atoms with E-state index in [-0.39, 0.29) is 18.1 Å². The molecule has 0 unspecified atom stereocenters. The van der Waals surface area contributed by atoms with Gasteiger partial charge in [0.05, 0.1) is 16.1 Å². The van der Waals surface area contributed by atoms with Crippen molar-refractivity contribution in [2.24, 2.45) is 0 Å². The van der Waals surface area contributed by atoms with Crippen molar-refractivity contribution in [1.82, 2.24) is 0 Å². The zero-order valence-electron chi connectivity index (χ0n) is 8.17. The summed E-state index contributed by atoms with van der Waals surface area (Å²) in [6, 6.07) is 2.55. The number of carbonyl (C=O) groups is 1. The standard InChI is InChI=1S/C10H9BrClFO3/c11-6-4-7(12)8(13)5-9(6)16-3-1-2-10(14)15/h4-5H,1-3H2,(H,14,15). The number of halogens is 3. The molecule has 0 aromatic heterocycles. The largest absolute Gasteiger partial charge is 0.492 e. The Morgan fingerprint density at radius 2 is 2.25 bits per heavy atom. The van der Waals surface area contributed by atoms with Gasteiger partial charge in [-0.15, -0.1) is 0 Å². The van der Waals surface area contributed by atoms with Crippen molar-refractivity contribution >= 4 is 33.5 Å². The predicted molar refractivity (Wildman–Crippen MR) is 61.5 cm³/mol. The first-order chi connectivity index (χ1) is 7.50. The second kappa shape index (κ2) is 6.06. The summed E-state index contributed by atoms with van der Waals surface area (Å²) in [7, 11) is 0. The summed E-state index contributed by atoms with van der Waals surface area (Å²) in [6.07, 6.45) is 0.389. The molecule has 0 aliphatic heterocycles. The van der Waals surface area contributed by atoms with Crippen molar-refractivity contribution in [3.63, 3.8) is 0 Å². The van der Waals surface area contributed by atoms with Gasteiger partial charge in [0.25, 0.3) is 0 Å². The van der Waals surface area contributed by atoms with Crippen LogP contribution in [-0.2, 0) is 4.79 Å². The Labute approximate surface area is 105 Å². The SMILES string of the molecule is O=C(O)CCCOc1cc(F)c(Cl)cc1Br. The molecule has 0 saturated carbocycles. The van der Waals surface area contributed by atoms with Crippen molar-refractivity contribution in [3.05, 3.63) is 27.4 Å². The highest BCUT2D eigenvalue weighted by Crippen LogP contribution is 2.30. The van der Waals surface area contributed by atoms with Gasteiger partial charge >= 0.3 is 5.97 Å². The summed E-state index contributed by atoms with van der Waals surface area (Å²) in [5.41, 5.74) is 0. The number of hydrogen-bond acceptors (Lipinski definition) is 2. The van der Waals surface area contributed by atoms with Gasteiger partial charge < -0.3 is 9.84 Å². The summed E-state index contributed by atoms with van der Waals surface area (Å²) >= 11 is 8.72. The number of ether oxygens (including phenoxy) is 1. The van der Waals surface area contributed by atoms with Crippen LogP contribution in [0.3, 0.4) is 0 Å². The zero-order valence-corrected chi connectivity index (χ0v) is 10.5. The molecule has 0 atom stereocenters. The summed E-state index contributed by atoms with van der Waals surface area (Å²) in [5, 5.41) is 8.41. The molecule has 1 aromatic carbocycles. The number of benzene rings is 1. The molecule has 0 bridgehead atoms. The monoisotopic (exact) mass is 310 g/mol. The maximum absolute atomic E-state index is 13.1. The highest BCUT2D eigenvalue weighted by Gasteiger charge is 2.08. The van der Waals surface area contributed by atoms with E-state index in [1.807, 2.05) is 0 Å². The lowest BCUT2D eigenvalue weighted by Crippen LogP contribution is -2.02. The van der Waals surface area contributed by atoms with Crippen molar-refractivity contribution < 1.29 is 19.0 Å². The summed E-state index contributed by atoms with van der Waals surface area (Å²) in [4.78, 5) is 10.2. The smallest absolute Gasteiger partial charge is 0.303 e. The van der Waals surface area contributed by atoms with Gasteiger partial charge in [0.2, 0.25) is 0 Å². The number of carboxylic acid groups (broad SMARTS) is 1. The molecular weight excluding hydrogens is 302 g/mol. The Balaban J connectivity index is 2.54. The molecule has 0 aliphatic carbocycles. The van der Waals surface area contributed by atoms with E-state index < -0.39 is 11.8 Å². The fourth-order valence-electron chi connectivity index (χ4n) is 1.02. The molecule has 1 rings (SSSR count). The van der Waals surface area contributed by atoms with E-state index in [1.54, 1.807) is 0 Å². The van der Waals surface area contributed by atoms with Crippen LogP contribution in [0.5, 0.6) is 5.75 Å². The first kappa shape index (κ1) is 13.3. The average molecular weight is 312 g/mol. The van der Waals surface area contributed by atoms with Gasteiger partial charge in [-0.1, -0.05) is 11.6 Å². The van der Waals surface area contributed by atoms with E-state index in [1.165, 1.54) is 6.07 Å². The molecule has 0 saturated heterocycles. The fourth-order valence-corrected chi connectivity index (χ4v) is 1.77. The van der Waals surface area contributed by atoms with Gasteiger partial charge in [0.1, 0.15) is 11.6 Å². The summed E-state index contributed by atoms with van der Waals surface area (Å²) < 4.78 is 18.8. The Kier molecular flexibility index (Phi) is 5.02. The van der Waals surface area contributed by atoms with Crippen molar-refractivity contribution in [3.8, 4) is 5.75 Å². The molecule has 0 spiro atoms. The van der Waals surface area contributed by atoms with Gasteiger partial charge in [0, 0.05) is 12.5 Å². The van der Waals surface area contributed by atoms with Crippen LogP contribution in [0.1, 0.15) is 12.8 Å². The second-order valence-electron chi connectivity index (χ2n) is 3.04. The highest BCUT2D eigenvalue weighted by molar-refractivity contribution is 9.10. The van der Waals surface area contributed by atoms with Crippen LogP contribution in [-0.4, -0.2) is 17.7 Å². The zero-order chi connectivity index (χ0) is 12.1. The Bertz CT molecular complexity index is 398. The molecular formula is C10H9BrClFO3. The lowest BCUT2D eigenvalue weighted by Gasteiger charge is -2.08. The molecule has 1 aromatic rings. The molecule has 6 heteroatoms. The van der Waals surface area contributed by atoms with Crippen LogP contribution >= 0.6 is 27.5 Å². The van der Waals surface area contributed by atoms with Crippen LogP contribution < -0.4 is 4.74 Å². The normalized spacial score (nSPS) is 10.2. The van der Waals surface area contributed by atoms with Crippen LogP contribution in [0.15, 0.2) is 16.6 Å². The number of carboxylic acids is 1. The van der Waals surface area contributed by atoms with Gasteiger partial charge in [-0.25, -0.2) is 4.39 Å². The Morgan fingerprint density at radius 1 is 1.56 bits per heavy atom. The number of hydrogen-bond donors (Lipinski definition) is 1. The quantitative estimate of drug-likeness (QED) is 0.669. The molecule has 1 N–H and O–H groups in total. The van der Waals surface area contributed by atoms with Crippen LogP contribution in [0.4, 0.5) is 4.39 Å².